The lowest BCUT2D eigenvalue weighted by Gasteiger charge is -2.29. The molecule has 0 aromatic carbocycles. The second kappa shape index (κ2) is 5.28. The summed E-state index contributed by atoms with van der Waals surface area (Å²) in [6.07, 6.45) is 19.2. The Bertz CT molecular complexity index is 677. The van der Waals surface area contributed by atoms with Crippen molar-refractivity contribution in [3.63, 3.8) is 0 Å². The van der Waals surface area contributed by atoms with E-state index in [0.29, 0.717) is 5.92 Å². The molecule has 0 radical (unpaired) electrons. The topological polar surface area (TPSA) is 0 Å². The van der Waals surface area contributed by atoms with Gasteiger partial charge in [0.05, 0.1) is 0 Å². The van der Waals surface area contributed by atoms with Gasteiger partial charge in [-0.05, 0) is 68.2 Å². The first kappa shape index (κ1) is 13.6. The maximum Gasteiger partial charge on any atom is 0.0243 e. The van der Waals surface area contributed by atoms with Gasteiger partial charge in [-0.3, -0.25) is 0 Å². The second-order valence-electron chi connectivity index (χ2n) is 6.60. The molecule has 1 atom stereocenters. The standard InChI is InChI=1S/C20H21Br/c1-13-10-18-15-8-4-5-9-16(15)20(21)12-19(18)17(13)11-14-6-2-3-7-14/h2-3,6,10,12,18H,4-5,7-9,11H2,1H3. The van der Waals surface area contributed by atoms with Crippen molar-refractivity contribution in [3.05, 3.63) is 68.3 Å². The highest BCUT2D eigenvalue weighted by molar-refractivity contribution is 9.12. The number of rotatable bonds is 2. The fraction of sp³-hybridized carbons (Fsp3) is 0.400. The van der Waals surface area contributed by atoms with Crippen LogP contribution in [-0.2, 0) is 0 Å². The Labute approximate surface area is 135 Å². The lowest BCUT2D eigenvalue weighted by Crippen LogP contribution is -2.14. The highest BCUT2D eigenvalue weighted by atomic mass is 79.9. The largest absolute Gasteiger partial charge is 0.0804 e. The Balaban J connectivity index is 1.74. The smallest absolute Gasteiger partial charge is 0.0243 e. The molecule has 4 aliphatic rings. The molecule has 0 spiro atoms. The van der Waals surface area contributed by atoms with Crippen LogP contribution >= 0.6 is 15.9 Å². The summed E-state index contributed by atoms with van der Waals surface area (Å²) in [5.74, 6) is 0.576. The number of hydrogen-bond acceptors (Lipinski definition) is 0. The SMILES string of the molecule is CC1=CC2C(=C1CC1=CC=CC1)C=C(Br)C1=C2CCCC1. The zero-order valence-electron chi connectivity index (χ0n) is 12.6. The van der Waals surface area contributed by atoms with E-state index in [1.54, 1.807) is 27.9 Å². The maximum atomic E-state index is 3.85. The van der Waals surface area contributed by atoms with Crippen molar-refractivity contribution < 1.29 is 0 Å². The number of allylic oxidation sites excluding steroid dienone is 12. The molecule has 0 saturated carbocycles. The van der Waals surface area contributed by atoms with E-state index in [1.807, 2.05) is 0 Å². The summed E-state index contributed by atoms with van der Waals surface area (Å²) in [5, 5.41) is 0. The summed E-state index contributed by atoms with van der Waals surface area (Å²) >= 11 is 3.85. The van der Waals surface area contributed by atoms with Gasteiger partial charge in [0.1, 0.15) is 0 Å². The summed E-state index contributed by atoms with van der Waals surface area (Å²) < 4.78 is 1.35. The molecule has 0 saturated heterocycles. The summed E-state index contributed by atoms with van der Waals surface area (Å²) in [4.78, 5) is 0. The summed E-state index contributed by atoms with van der Waals surface area (Å²) in [5.41, 5.74) is 9.48. The molecule has 0 bridgehead atoms. The summed E-state index contributed by atoms with van der Waals surface area (Å²) in [6.45, 7) is 2.30. The van der Waals surface area contributed by atoms with Gasteiger partial charge in [0.15, 0.2) is 0 Å². The van der Waals surface area contributed by atoms with Crippen LogP contribution in [0.1, 0.15) is 45.4 Å². The van der Waals surface area contributed by atoms with Crippen molar-refractivity contribution in [2.24, 2.45) is 5.92 Å². The van der Waals surface area contributed by atoms with Gasteiger partial charge in [-0.25, -0.2) is 0 Å². The van der Waals surface area contributed by atoms with Crippen LogP contribution < -0.4 is 0 Å². The Morgan fingerprint density at radius 2 is 2.10 bits per heavy atom. The van der Waals surface area contributed by atoms with Crippen LogP contribution in [0.25, 0.3) is 0 Å². The lowest BCUT2D eigenvalue weighted by atomic mass is 9.77. The summed E-state index contributed by atoms with van der Waals surface area (Å²) in [7, 11) is 0. The quantitative estimate of drug-likeness (QED) is 0.553. The Morgan fingerprint density at radius 1 is 1.24 bits per heavy atom. The molecular weight excluding hydrogens is 320 g/mol. The first-order chi connectivity index (χ1) is 10.2. The molecule has 4 aliphatic carbocycles. The van der Waals surface area contributed by atoms with Gasteiger partial charge < -0.3 is 0 Å². The molecule has 0 aromatic heterocycles. The van der Waals surface area contributed by atoms with E-state index >= 15 is 0 Å². The van der Waals surface area contributed by atoms with E-state index in [1.165, 1.54) is 35.7 Å². The van der Waals surface area contributed by atoms with Crippen molar-refractivity contribution in [1.29, 1.82) is 0 Å². The Kier molecular flexibility index (Phi) is 3.41. The lowest BCUT2D eigenvalue weighted by molar-refractivity contribution is 0.636. The third-order valence-corrected chi connectivity index (χ3v) is 5.99. The van der Waals surface area contributed by atoms with Crippen molar-refractivity contribution in [2.75, 3.05) is 0 Å². The van der Waals surface area contributed by atoms with E-state index < -0.39 is 0 Å². The number of hydrogen-bond donors (Lipinski definition) is 0. The van der Waals surface area contributed by atoms with Crippen LogP contribution in [0.3, 0.4) is 0 Å². The highest BCUT2D eigenvalue weighted by Gasteiger charge is 2.32. The van der Waals surface area contributed by atoms with E-state index in [2.05, 4.69) is 53.2 Å². The van der Waals surface area contributed by atoms with Gasteiger partial charge in [0.25, 0.3) is 0 Å². The van der Waals surface area contributed by atoms with E-state index in [-0.39, 0.29) is 0 Å². The Hall–Kier alpha value is -1.08. The maximum absolute atomic E-state index is 3.85. The summed E-state index contributed by atoms with van der Waals surface area (Å²) in [6, 6.07) is 0. The molecule has 0 heterocycles. The minimum atomic E-state index is 0.576. The van der Waals surface area contributed by atoms with Crippen LogP contribution in [0.4, 0.5) is 0 Å². The molecule has 1 unspecified atom stereocenters. The number of fused-ring (bicyclic) bond motifs is 2. The van der Waals surface area contributed by atoms with Crippen molar-refractivity contribution in [3.8, 4) is 0 Å². The zero-order chi connectivity index (χ0) is 14.4. The second-order valence-corrected chi connectivity index (χ2v) is 7.45. The zero-order valence-corrected chi connectivity index (χ0v) is 14.2. The highest BCUT2D eigenvalue weighted by Crippen LogP contribution is 2.49. The molecule has 0 nitrogen and oxygen atoms in total. The van der Waals surface area contributed by atoms with E-state index in [0.717, 1.165) is 12.8 Å². The van der Waals surface area contributed by atoms with Gasteiger partial charge in [-0.15, -0.1) is 0 Å². The number of halogens is 1. The Morgan fingerprint density at radius 3 is 2.90 bits per heavy atom. The van der Waals surface area contributed by atoms with Crippen LogP contribution in [0.5, 0.6) is 0 Å². The fourth-order valence-electron chi connectivity index (χ4n) is 4.18. The van der Waals surface area contributed by atoms with Crippen molar-refractivity contribution in [2.45, 2.75) is 45.4 Å². The van der Waals surface area contributed by atoms with Gasteiger partial charge >= 0.3 is 0 Å². The first-order valence-corrected chi connectivity index (χ1v) is 8.89. The molecular formula is C20H21Br. The fourth-order valence-corrected chi connectivity index (χ4v) is 4.88. The monoisotopic (exact) mass is 340 g/mol. The molecule has 4 rings (SSSR count). The van der Waals surface area contributed by atoms with E-state index in [9.17, 15) is 0 Å². The van der Waals surface area contributed by atoms with Gasteiger partial charge in [-0.2, -0.15) is 0 Å². The van der Waals surface area contributed by atoms with Crippen molar-refractivity contribution >= 4 is 15.9 Å². The average molecular weight is 341 g/mol. The van der Waals surface area contributed by atoms with Gasteiger partial charge in [0, 0.05) is 10.4 Å². The third kappa shape index (κ3) is 2.26. The van der Waals surface area contributed by atoms with Crippen molar-refractivity contribution in [1.82, 2.24) is 0 Å². The molecule has 0 N–H and O–H groups in total. The predicted octanol–water partition coefficient (Wildman–Crippen LogP) is 6.30. The molecule has 0 aliphatic heterocycles. The molecule has 0 amide bonds. The molecule has 0 aromatic rings. The van der Waals surface area contributed by atoms with Crippen LogP contribution in [0, 0.1) is 5.92 Å². The minimum Gasteiger partial charge on any atom is -0.0804 e. The average Bonchev–Trinajstić information content (AvgIpc) is 3.10. The minimum absolute atomic E-state index is 0.576. The van der Waals surface area contributed by atoms with Crippen LogP contribution in [-0.4, -0.2) is 0 Å². The third-order valence-electron chi connectivity index (χ3n) is 5.28. The molecule has 108 valence electrons. The first-order valence-electron chi connectivity index (χ1n) is 8.10. The van der Waals surface area contributed by atoms with Crippen LogP contribution in [0.2, 0.25) is 0 Å². The van der Waals surface area contributed by atoms with Gasteiger partial charge in [-0.1, -0.05) is 57.0 Å². The molecule has 21 heavy (non-hydrogen) atoms. The van der Waals surface area contributed by atoms with Crippen LogP contribution in [0.15, 0.2) is 68.3 Å². The predicted molar refractivity (Wildman–Crippen MR) is 93.2 cm³/mol. The normalized spacial score (nSPS) is 27.5. The molecule has 1 heteroatoms. The molecule has 0 fully saturated rings. The van der Waals surface area contributed by atoms with E-state index in [4.69, 9.17) is 0 Å². The van der Waals surface area contributed by atoms with Gasteiger partial charge in [0.2, 0.25) is 0 Å².